The molecule has 4 aromatic rings. The minimum absolute atomic E-state index is 0.146. The number of nitrogens with zero attached hydrogens (tertiary/aromatic N) is 5. The van der Waals surface area contributed by atoms with Crippen LogP contribution in [0.3, 0.4) is 0 Å². The third kappa shape index (κ3) is 12.7. The number of ether oxygens (including phenoxy) is 4. The zero-order valence-corrected chi connectivity index (χ0v) is 34.3. The molecule has 0 aliphatic carbocycles. The van der Waals surface area contributed by atoms with E-state index >= 15 is 0 Å². The van der Waals surface area contributed by atoms with Crippen LogP contribution in [0, 0.1) is 5.82 Å². The van der Waals surface area contributed by atoms with Gasteiger partial charge in [0.25, 0.3) is 0 Å². The Hall–Kier alpha value is -4.07. The summed E-state index contributed by atoms with van der Waals surface area (Å²) in [6.45, 7) is 19.5. The number of hydrogen-bond acceptors (Lipinski definition) is 8. The Labute approximate surface area is 330 Å². The topological polar surface area (TPSA) is 64.5 Å². The lowest BCUT2D eigenvalue weighted by molar-refractivity contribution is -0.140. The summed E-state index contributed by atoms with van der Waals surface area (Å²) in [7, 11) is 3.97. The molecule has 0 aliphatic rings. The number of alkyl halides is 3. The number of aryl methyl sites for hydroxylation is 1. The lowest BCUT2D eigenvalue weighted by atomic mass is 10.1. The predicted molar refractivity (Wildman–Crippen MR) is 216 cm³/mol. The Balaban J connectivity index is 1.78. The maximum absolute atomic E-state index is 14.1. The molecule has 3 aromatic carbocycles. The molecule has 0 atom stereocenters. The van der Waals surface area contributed by atoms with Gasteiger partial charge in [-0.15, -0.1) is 0 Å². The number of imidazole rings is 1. The minimum Gasteiger partial charge on any atom is -0.493 e. The van der Waals surface area contributed by atoms with Crippen molar-refractivity contribution in [3.05, 3.63) is 59.9 Å². The van der Waals surface area contributed by atoms with Gasteiger partial charge in [-0.2, -0.15) is 13.2 Å². The molecule has 0 bridgehead atoms. The highest BCUT2D eigenvalue weighted by Gasteiger charge is 2.34. The molecule has 0 radical (unpaired) electrons. The monoisotopic (exact) mass is 787 g/mol. The van der Waals surface area contributed by atoms with E-state index in [4.69, 9.17) is 23.9 Å². The summed E-state index contributed by atoms with van der Waals surface area (Å²) < 4.78 is 81.9. The van der Waals surface area contributed by atoms with Crippen LogP contribution in [0.25, 0.3) is 22.4 Å². The maximum Gasteiger partial charge on any atom is 0.419 e. The molecule has 310 valence electrons. The molecule has 0 fully saturated rings. The quantitative estimate of drug-likeness (QED) is 0.0486. The SMILES string of the molecule is CCCCn1c(-c2ccc(Oc3ccc(F)c(C(F)(F)F)c3)cc2OCCCN(C)C)nc2c(OCCCN(CC)CC)cc(OCCCN(CC)CC)cc21. The molecule has 1 heterocycles. The molecule has 0 saturated heterocycles. The highest BCUT2D eigenvalue weighted by atomic mass is 19.4. The van der Waals surface area contributed by atoms with Crippen molar-refractivity contribution in [1.82, 2.24) is 24.3 Å². The van der Waals surface area contributed by atoms with Crippen molar-refractivity contribution in [2.45, 2.75) is 79.4 Å². The van der Waals surface area contributed by atoms with Crippen molar-refractivity contribution in [1.29, 1.82) is 0 Å². The third-order valence-electron chi connectivity index (χ3n) is 9.76. The largest absolute Gasteiger partial charge is 0.493 e. The van der Waals surface area contributed by atoms with Crippen LogP contribution >= 0.6 is 0 Å². The number of hydrogen-bond donors (Lipinski definition) is 0. The van der Waals surface area contributed by atoms with Gasteiger partial charge in [0.2, 0.25) is 0 Å². The summed E-state index contributed by atoms with van der Waals surface area (Å²) in [6.07, 6.45) is -0.550. The second kappa shape index (κ2) is 22.0. The first-order valence-corrected chi connectivity index (χ1v) is 20.1. The van der Waals surface area contributed by atoms with Crippen LogP contribution in [0.4, 0.5) is 17.6 Å². The van der Waals surface area contributed by atoms with E-state index in [1.165, 1.54) is 6.07 Å². The number of benzene rings is 3. The number of unbranched alkanes of at least 4 members (excludes halogenated alkanes) is 1. The van der Waals surface area contributed by atoms with Crippen LogP contribution in [-0.4, -0.2) is 104 Å². The Morgan fingerprint density at radius 1 is 0.661 bits per heavy atom. The average Bonchev–Trinajstić information content (AvgIpc) is 3.54. The van der Waals surface area contributed by atoms with Crippen LogP contribution in [0.15, 0.2) is 48.5 Å². The van der Waals surface area contributed by atoms with Gasteiger partial charge in [-0.1, -0.05) is 41.0 Å². The van der Waals surface area contributed by atoms with E-state index in [1.807, 2.05) is 32.3 Å². The lowest BCUT2D eigenvalue weighted by Crippen LogP contribution is -2.25. The fourth-order valence-electron chi connectivity index (χ4n) is 6.49. The van der Waals surface area contributed by atoms with E-state index in [0.717, 1.165) is 89.5 Å². The van der Waals surface area contributed by atoms with Gasteiger partial charge < -0.3 is 38.2 Å². The molecule has 56 heavy (non-hydrogen) atoms. The standard InChI is InChI=1S/C43H61F4N5O4/c1-8-13-24-52-38-29-34(53-25-15-22-50(9-2)10-3)31-40(55-27-16-23-51(11-4)12-5)41(38)48-42(52)35-19-17-33(30-39(35)54-26-14-21-49(6)7)56-32-18-20-37(44)36(28-32)43(45,46)47/h17-20,28-31H,8-16,21-27H2,1-7H3. The summed E-state index contributed by atoms with van der Waals surface area (Å²) in [5, 5.41) is 0. The summed E-state index contributed by atoms with van der Waals surface area (Å²) >= 11 is 0. The van der Waals surface area contributed by atoms with Gasteiger partial charge in [0.1, 0.15) is 40.2 Å². The van der Waals surface area contributed by atoms with Gasteiger partial charge in [-0.3, -0.25) is 0 Å². The Morgan fingerprint density at radius 3 is 1.84 bits per heavy atom. The summed E-state index contributed by atoms with van der Waals surface area (Å²) in [4.78, 5) is 12.0. The van der Waals surface area contributed by atoms with Crippen molar-refractivity contribution in [2.75, 3.05) is 79.7 Å². The second-order valence-corrected chi connectivity index (χ2v) is 14.1. The number of rotatable bonds is 25. The van der Waals surface area contributed by atoms with Gasteiger partial charge in [0.15, 0.2) is 5.75 Å². The molecule has 0 N–H and O–H groups in total. The number of halogens is 4. The van der Waals surface area contributed by atoms with Gasteiger partial charge in [0.05, 0.1) is 36.5 Å². The van der Waals surface area contributed by atoms with E-state index < -0.39 is 17.6 Å². The molecule has 0 unspecified atom stereocenters. The summed E-state index contributed by atoms with van der Waals surface area (Å²) in [5.41, 5.74) is 0.881. The Morgan fingerprint density at radius 2 is 1.23 bits per heavy atom. The molecule has 0 amide bonds. The van der Waals surface area contributed by atoms with E-state index in [-0.39, 0.29) is 11.5 Å². The fourth-order valence-corrected chi connectivity index (χ4v) is 6.49. The van der Waals surface area contributed by atoms with Crippen LogP contribution in [-0.2, 0) is 12.7 Å². The zero-order chi connectivity index (χ0) is 40.7. The van der Waals surface area contributed by atoms with Gasteiger partial charge in [-0.05, 0) is 96.3 Å². The minimum atomic E-state index is -4.87. The van der Waals surface area contributed by atoms with Gasteiger partial charge >= 0.3 is 6.18 Å². The van der Waals surface area contributed by atoms with E-state index in [0.29, 0.717) is 66.6 Å². The first-order chi connectivity index (χ1) is 26.9. The molecular formula is C43H61F4N5O4. The van der Waals surface area contributed by atoms with Crippen molar-refractivity contribution in [3.63, 3.8) is 0 Å². The van der Waals surface area contributed by atoms with Gasteiger partial charge in [-0.25, -0.2) is 9.37 Å². The molecule has 4 rings (SSSR count). The Bertz CT molecular complexity index is 1790. The van der Waals surface area contributed by atoms with Crippen molar-refractivity contribution < 1.29 is 36.5 Å². The third-order valence-corrected chi connectivity index (χ3v) is 9.76. The normalized spacial score (nSPS) is 12.0. The van der Waals surface area contributed by atoms with Crippen molar-refractivity contribution in [3.8, 4) is 40.1 Å². The van der Waals surface area contributed by atoms with Crippen LogP contribution in [0.1, 0.15) is 72.3 Å². The van der Waals surface area contributed by atoms with Crippen molar-refractivity contribution >= 4 is 11.0 Å². The highest BCUT2D eigenvalue weighted by molar-refractivity contribution is 5.88. The molecule has 9 nitrogen and oxygen atoms in total. The first kappa shape index (κ1) is 44.6. The van der Waals surface area contributed by atoms with E-state index in [2.05, 4.69) is 53.9 Å². The predicted octanol–water partition coefficient (Wildman–Crippen LogP) is 10.0. The average molecular weight is 788 g/mol. The summed E-state index contributed by atoms with van der Waals surface area (Å²) in [6, 6.07) is 11.7. The fraction of sp³-hybridized carbons (Fsp3) is 0.558. The first-order valence-electron chi connectivity index (χ1n) is 20.1. The lowest BCUT2D eigenvalue weighted by Gasteiger charge is -2.18. The smallest absolute Gasteiger partial charge is 0.419 e. The molecule has 0 spiro atoms. The second-order valence-electron chi connectivity index (χ2n) is 14.1. The summed E-state index contributed by atoms with van der Waals surface area (Å²) in [5.74, 6) is 1.20. The van der Waals surface area contributed by atoms with Crippen molar-refractivity contribution in [2.24, 2.45) is 0 Å². The van der Waals surface area contributed by atoms with Crippen LogP contribution in [0.5, 0.6) is 28.7 Å². The maximum atomic E-state index is 14.1. The molecule has 0 aliphatic heterocycles. The molecule has 13 heteroatoms. The van der Waals surface area contributed by atoms with E-state index in [1.54, 1.807) is 12.1 Å². The molecule has 0 saturated carbocycles. The number of aromatic nitrogens is 2. The molecular weight excluding hydrogens is 726 g/mol. The number of fused-ring (bicyclic) bond motifs is 1. The van der Waals surface area contributed by atoms with Crippen LogP contribution < -0.4 is 18.9 Å². The zero-order valence-electron chi connectivity index (χ0n) is 34.3. The van der Waals surface area contributed by atoms with Crippen LogP contribution in [0.2, 0.25) is 0 Å². The Kier molecular flexibility index (Phi) is 17.6. The highest BCUT2D eigenvalue weighted by Crippen LogP contribution is 2.41. The molecule has 1 aromatic heterocycles. The van der Waals surface area contributed by atoms with E-state index in [9.17, 15) is 17.6 Å². The van der Waals surface area contributed by atoms with Gasteiger partial charge in [0, 0.05) is 44.4 Å².